The van der Waals surface area contributed by atoms with Crippen molar-refractivity contribution in [3.63, 3.8) is 0 Å². The summed E-state index contributed by atoms with van der Waals surface area (Å²) in [5, 5.41) is 0. The molecule has 6 unspecified atom stereocenters. The summed E-state index contributed by atoms with van der Waals surface area (Å²) in [5.41, 5.74) is 37.0. The first-order chi connectivity index (χ1) is 16.7. The number of hydrogen-bond acceptors (Lipinski definition) is 8. The lowest BCUT2D eigenvalue weighted by Crippen LogP contribution is -2.74. The van der Waals surface area contributed by atoms with E-state index in [1.165, 1.54) is 6.08 Å². The Morgan fingerprint density at radius 2 is 1.62 bits per heavy atom. The van der Waals surface area contributed by atoms with Gasteiger partial charge in [-0.05, 0) is 62.9 Å². The Hall–Kier alpha value is -1.42. The predicted molar refractivity (Wildman–Crippen MR) is 148 cm³/mol. The molecule has 10 atom stereocenters. The third-order valence-electron chi connectivity index (χ3n) is 11.3. The van der Waals surface area contributed by atoms with Crippen LogP contribution in [0.2, 0.25) is 0 Å². The first kappa shape index (κ1) is 28.6. The van der Waals surface area contributed by atoms with Crippen molar-refractivity contribution in [1.29, 1.82) is 0 Å². The molecule has 0 saturated heterocycles. The van der Waals surface area contributed by atoms with Gasteiger partial charge in [-0.2, -0.15) is 0 Å². The highest BCUT2D eigenvalue weighted by molar-refractivity contribution is 5.98. The van der Waals surface area contributed by atoms with E-state index in [4.69, 9.17) is 34.4 Å². The molecule has 0 spiro atoms. The zero-order valence-electron chi connectivity index (χ0n) is 23.8. The molecule has 4 aliphatic rings. The fraction of sp³-hybridized carbons (Fsp3) is 0.793. The summed E-state index contributed by atoms with van der Waals surface area (Å²) in [6.45, 7) is 13.9. The van der Waals surface area contributed by atoms with Crippen molar-refractivity contribution < 1.29 is 9.59 Å². The molecule has 0 aromatic carbocycles. The van der Waals surface area contributed by atoms with Crippen LogP contribution in [0.15, 0.2) is 23.8 Å². The lowest BCUT2D eigenvalue weighted by molar-refractivity contribution is -0.158. The first-order valence-corrected chi connectivity index (χ1v) is 13.8. The Kier molecular flexibility index (Phi) is 6.41. The van der Waals surface area contributed by atoms with Crippen molar-refractivity contribution in [3.8, 4) is 0 Å². The highest BCUT2D eigenvalue weighted by atomic mass is 16.1. The number of fused-ring (bicyclic) bond motifs is 5. The molecular formula is C29H50N6O2. The van der Waals surface area contributed by atoms with Gasteiger partial charge in [-0.1, -0.05) is 45.4 Å². The zero-order chi connectivity index (χ0) is 28.1. The zero-order valence-corrected chi connectivity index (χ0v) is 23.8. The summed E-state index contributed by atoms with van der Waals surface area (Å²) < 4.78 is 0. The van der Waals surface area contributed by atoms with E-state index in [-0.39, 0.29) is 53.4 Å². The molecule has 0 amide bonds. The average molecular weight is 515 g/mol. The number of ketones is 2. The van der Waals surface area contributed by atoms with Gasteiger partial charge in [0, 0.05) is 47.3 Å². The van der Waals surface area contributed by atoms with Crippen LogP contribution in [-0.4, -0.2) is 46.3 Å². The second-order valence-corrected chi connectivity index (χ2v) is 14.7. The molecule has 0 radical (unpaired) electrons. The van der Waals surface area contributed by atoms with Crippen molar-refractivity contribution in [3.05, 3.63) is 23.8 Å². The maximum atomic E-state index is 14.3. The average Bonchev–Trinajstić information content (AvgIpc) is 2.96. The molecule has 8 nitrogen and oxygen atoms in total. The van der Waals surface area contributed by atoms with E-state index in [1.807, 2.05) is 13.8 Å². The molecule has 3 fully saturated rings. The molecule has 4 rings (SSSR count). The van der Waals surface area contributed by atoms with Crippen LogP contribution in [0.4, 0.5) is 0 Å². The quantitative estimate of drug-likeness (QED) is 0.238. The fourth-order valence-corrected chi connectivity index (χ4v) is 9.18. The standard InChI is InChI=1S/C29H50N6O2/c1-24(2,33)11-10-20(36)28(7,34)22-18(31)13-26(5)19-9-8-15-16(12-17(30)23(32)25(15,3)4)29(19,35)21(37)14-27(22,26)6/h8,10-11,16-19,22-23H,9,12-14,30-35H2,1-7H3/b11-10+/t16-,17?,18-,19-,22?,23?,26?,27?,28-,29?/m0/s1. The molecule has 0 aliphatic heterocycles. The SMILES string of the molecule is CC(C)(N)/C=C/C(=O)[C@](C)(N)C1[C@@H](N)CC2(C)[C@@H]3CC=C4[C@H](CC(N)C(N)C4(C)C)C3(N)C(=O)CC12C. The second kappa shape index (κ2) is 8.29. The van der Waals surface area contributed by atoms with Crippen molar-refractivity contribution >= 4 is 11.6 Å². The normalized spacial score (nSPS) is 47.1. The lowest BCUT2D eigenvalue weighted by Gasteiger charge is -2.65. The molecule has 12 N–H and O–H groups in total. The van der Waals surface area contributed by atoms with Crippen LogP contribution in [0.3, 0.4) is 0 Å². The summed E-state index contributed by atoms with van der Waals surface area (Å²) >= 11 is 0. The van der Waals surface area contributed by atoms with Crippen LogP contribution in [0.25, 0.3) is 0 Å². The van der Waals surface area contributed by atoms with Gasteiger partial charge in [0.05, 0.1) is 11.1 Å². The number of carbonyl (C=O) groups is 2. The first-order valence-electron chi connectivity index (χ1n) is 13.8. The number of allylic oxidation sites excluding steroid dienone is 1. The Balaban J connectivity index is 1.79. The van der Waals surface area contributed by atoms with Crippen LogP contribution in [0.5, 0.6) is 0 Å². The van der Waals surface area contributed by atoms with Crippen LogP contribution in [-0.2, 0) is 9.59 Å². The van der Waals surface area contributed by atoms with Gasteiger partial charge >= 0.3 is 0 Å². The van der Waals surface area contributed by atoms with E-state index in [0.717, 1.165) is 5.57 Å². The van der Waals surface area contributed by atoms with Gasteiger partial charge in [0.25, 0.3) is 0 Å². The summed E-state index contributed by atoms with van der Waals surface area (Å²) in [6, 6.07) is -0.797. The monoisotopic (exact) mass is 514 g/mol. The minimum atomic E-state index is -1.26. The topological polar surface area (TPSA) is 190 Å². The van der Waals surface area contributed by atoms with Crippen molar-refractivity contribution in [1.82, 2.24) is 0 Å². The maximum Gasteiger partial charge on any atom is 0.175 e. The molecule has 0 aromatic rings. The maximum absolute atomic E-state index is 14.3. The van der Waals surface area contributed by atoms with E-state index in [1.54, 1.807) is 13.0 Å². The number of rotatable bonds is 4. The fourth-order valence-electron chi connectivity index (χ4n) is 9.18. The van der Waals surface area contributed by atoms with Crippen LogP contribution < -0.4 is 34.4 Å². The third-order valence-corrected chi connectivity index (χ3v) is 11.3. The molecule has 208 valence electrons. The van der Waals surface area contributed by atoms with Gasteiger partial charge < -0.3 is 34.4 Å². The second-order valence-electron chi connectivity index (χ2n) is 14.7. The van der Waals surface area contributed by atoms with Crippen molar-refractivity contribution in [2.75, 3.05) is 0 Å². The van der Waals surface area contributed by atoms with Crippen LogP contribution >= 0.6 is 0 Å². The van der Waals surface area contributed by atoms with Crippen LogP contribution in [0.1, 0.15) is 74.1 Å². The number of nitrogens with two attached hydrogens (primary N) is 6. The van der Waals surface area contributed by atoms with E-state index in [9.17, 15) is 9.59 Å². The molecule has 0 bridgehead atoms. The molecule has 4 aliphatic carbocycles. The van der Waals surface area contributed by atoms with Gasteiger partial charge in [0.15, 0.2) is 11.6 Å². The Morgan fingerprint density at radius 1 is 1.03 bits per heavy atom. The smallest absolute Gasteiger partial charge is 0.175 e. The van der Waals surface area contributed by atoms with Gasteiger partial charge in [-0.15, -0.1) is 0 Å². The highest BCUT2D eigenvalue weighted by Crippen LogP contribution is 2.71. The summed E-state index contributed by atoms with van der Waals surface area (Å²) in [4.78, 5) is 27.7. The minimum absolute atomic E-state index is 0.0209. The number of carbonyl (C=O) groups excluding carboxylic acids is 2. The molecule has 3 saturated carbocycles. The van der Waals surface area contributed by atoms with Gasteiger partial charge in [0.2, 0.25) is 0 Å². The van der Waals surface area contributed by atoms with E-state index in [0.29, 0.717) is 19.3 Å². The van der Waals surface area contributed by atoms with Crippen LogP contribution in [0, 0.1) is 34.0 Å². The van der Waals surface area contributed by atoms with Gasteiger partial charge in [-0.3, -0.25) is 9.59 Å². The minimum Gasteiger partial charge on any atom is -0.327 e. The number of hydrogen-bond donors (Lipinski definition) is 6. The third kappa shape index (κ3) is 3.78. The Bertz CT molecular complexity index is 1060. The largest absolute Gasteiger partial charge is 0.327 e. The predicted octanol–water partition coefficient (Wildman–Crippen LogP) is 1.24. The summed E-state index contributed by atoms with van der Waals surface area (Å²) in [6.07, 6.45) is 7.55. The van der Waals surface area contributed by atoms with E-state index >= 15 is 0 Å². The molecular weight excluding hydrogens is 464 g/mol. The van der Waals surface area contributed by atoms with Crippen molar-refractivity contribution in [2.24, 2.45) is 68.4 Å². The Labute approximate surface area is 222 Å². The van der Waals surface area contributed by atoms with Gasteiger partial charge in [-0.25, -0.2) is 0 Å². The van der Waals surface area contributed by atoms with E-state index < -0.39 is 33.4 Å². The molecule has 37 heavy (non-hydrogen) atoms. The lowest BCUT2D eigenvalue weighted by atomic mass is 9.40. The van der Waals surface area contributed by atoms with Gasteiger partial charge in [0.1, 0.15) is 0 Å². The van der Waals surface area contributed by atoms with Crippen molar-refractivity contribution in [2.45, 2.75) is 109 Å². The van der Waals surface area contributed by atoms with E-state index in [2.05, 4.69) is 33.8 Å². The molecule has 0 aromatic heterocycles. The highest BCUT2D eigenvalue weighted by Gasteiger charge is 2.74. The molecule has 8 heteroatoms. The Morgan fingerprint density at radius 3 is 2.19 bits per heavy atom. The summed E-state index contributed by atoms with van der Waals surface area (Å²) in [7, 11) is 0. The summed E-state index contributed by atoms with van der Waals surface area (Å²) in [5.74, 6) is -0.916. The molecule has 0 heterocycles. The number of Topliss-reactive ketones (excluding diaryl/α,β-unsaturated/α-hetero) is 1.